The Kier molecular flexibility index (Phi) is 27.7. The number of methoxy groups -OCH3 is 1. The Morgan fingerprint density at radius 3 is 1.47 bits per heavy atom. The summed E-state index contributed by atoms with van der Waals surface area (Å²) in [7, 11) is 7.48. The third-order valence-electron chi connectivity index (χ3n) is 24.3. The Morgan fingerprint density at radius 2 is 0.955 bits per heavy atom. The van der Waals surface area contributed by atoms with Crippen LogP contribution in [0.2, 0.25) is 0 Å². The molecule has 9 aromatic carbocycles. The largest absolute Gasteiger partial charge is 0.494 e. The molecule has 0 atom stereocenters. The van der Waals surface area contributed by atoms with E-state index in [0.29, 0.717) is 137 Å². The predicted molar refractivity (Wildman–Crippen MR) is 525 cm³/mol. The van der Waals surface area contributed by atoms with Gasteiger partial charge in [0.05, 0.1) is 29.9 Å². The minimum Gasteiger partial charge on any atom is -0.494 e. The Morgan fingerprint density at radius 1 is 0.485 bits per heavy atom. The van der Waals surface area contributed by atoms with Gasteiger partial charge in [-0.2, -0.15) is 15.0 Å². The standard InChI is InChI=1S/C103H106FN23O7/c1-8-92(128)108-80-26-16-29-85(60-80)126-94-77(42-47-124(103(126)133)68-73-24-15-25-74(57-73)70(3)97(130)110-82-28-18-31-87(62-82)127-96-78(41-46-123(102(127)132)67-72-22-13-10-14-23-72)65-107-100(116-96)113-88-36-33-79(104)59-91(88)134-7)63-105-98(114-94)111-83-34-37-89(69(2)56-83)120-54-50-119(51-55-120)44-39-75-58-84(35-38-90(75)121-52-48-118(6)49-53-121)112-99-106-64-76-40-45-122(66-71-20-11-9-12-21-71)101(131)125(95(76)115-99)86-30-17-27-81(61-86)109-93(129)32-19-43-117(4)5/h8-38,56-65H,1,3,39-55,66-68H2,2,4-7H3,(H,108,128)(H,109,129)(H,110,130)(H,105,111,114)(H,106,112,115)(H,107,113,116)/b32-19+. The molecule has 30 nitrogen and oxygen atoms in total. The summed E-state index contributed by atoms with van der Waals surface area (Å²) in [5.74, 6) is 0.400. The molecule has 6 N–H and O–H groups in total. The molecule has 2 fully saturated rings. The summed E-state index contributed by atoms with van der Waals surface area (Å²) < 4.78 is 19.8. The number of benzene rings is 9. The van der Waals surface area contributed by atoms with Crippen LogP contribution in [0.1, 0.15) is 50.1 Å². The molecule has 17 rings (SSSR count). The minimum atomic E-state index is -0.514. The van der Waals surface area contributed by atoms with Crippen LogP contribution in [-0.4, -0.2) is 208 Å². The molecule has 0 saturated carbocycles. The normalized spacial score (nSPS) is 14.9. The van der Waals surface area contributed by atoms with Gasteiger partial charge >= 0.3 is 18.1 Å². The summed E-state index contributed by atoms with van der Waals surface area (Å²) in [6.45, 7) is 20.4. The Balaban J connectivity index is 0.559. The van der Waals surface area contributed by atoms with Gasteiger partial charge in [0.2, 0.25) is 29.7 Å². The first-order chi connectivity index (χ1) is 65.2. The highest BCUT2D eigenvalue weighted by Crippen LogP contribution is 2.41. The number of nitrogens with one attached hydrogen (secondary N) is 6. The third kappa shape index (κ3) is 21.5. The van der Waals surface area contributed by atoms with Crippen molar-refractivity contribution in [2.75, 3.05) is 170 Å². The molecule has 0 aliphatic carbocycles. The Bertz CT molecular complexity index is 6430. The van der Waals surface area contributed by atoms with E-state index in [-0.39, 0.29) is 54.3 Å². The van der Waals surface area contributed by atoms with Crippen LogP contribution in [0.3, 0.4) is 0 Å². The summed E-state index contributed by atoms with van der Waals surface area (Å²) in [4.78, 5) is 137. The van der Waals surface area contributed by atoms with E-state index in [9.17, 15) is 18.8 Å². The van der Waals surface area contributed by atoms with Crippen LogP contribution in [0.5, 0.6) is 5.75 Å². The molecule has 0 unspecified atom stereocenters. The average Bonchev–Trinajstić information content (AvgIpc) is 1.57. The molecular weight excluding hydrogens is 1690 g/mol. The van der Waals surface area contributed by atoms with Gasteiger partial charge in [0, 0.05) is 198 Å². The van der Waals surface area contributed by atoms with Crippen LogP contribution in [0, 0.1) is 12.7 Å². The number of piperazine rings is 2. The molecule has 682 valence electrons. The van der Waals surface area contributed by atoms with Crippen LogP contribution < -0.4 is 61.1 Å². The SMILES string of the molecule is C=CC(=O)Nc1cccc(N2C(=O)N(Cc3cccc(C(=C)C(=O)Nc4cccc(N5C(=O)N(Cc6ccccc6)CCc6cnc(Nc7ccc(F)cc7OC)nc65)c4)c3)CCc3cnc(Nc4ccc(N5CCN(CCc6cc(Nc7ncc8c(n7)N(c7cccc(NC(=O)/C=C/CN(C)C)c7)C(=O)N(Cc7ccccc7)CC8)ccc6N6CCN(C)CC6)CC5)c(C)c4)nc32)c1. The summed E-state index contributed by atoms with van der Waals surface area (Å²) in [5.41, 5.74) is 14.8. The fourth-order valence-electron chi connectivity index (χ4n) is 17.3. The van der Waals surface area contributed by atoms with Crippen molar-refractivity contribution in [3.63, 3.8) is 0 Å². The van der Waals surface area contributed by atoms with Crippen molar-refractivity contribution in [3.05, 3.63) is 318 Å². The fourth-order valence-corrected chi connectivity index (χ4v) is 17.3. The second-order valence-electron chi connectivity index (χ2n) is 34.0. The number of aryl methyl sites for hydroxylation is 1. The van der Waals surface area contributed by atoms with Crippen molar-refractivity contribution in [2.24, 2.45) is 0 Å². The van der Waals surface area contributed by atoms with Crippen LogP contribution in [0.25, 0.3) is 5.57 Å². The number of likely N-dealkylation sites (N-methyl/N-ethyl adjacent to an activating group) is 2. The minimum absolute atomic E-state index is 0.119. The molecule has 2 saturated heterocycles. The van der Waals surface area contributed by atoms with Gasteiger partial charge in [-0.15, -0.1) is 0 Å². The molecule has 12 aromatic rings. The van der Waals surface area contributed by atoms with Crippen LogP contribution in [0.15, 0.2) is 262 Å². The number of amides is 9. The number of halogens is 1. The molecular formula is C103H106FN23O7. The van der Waals surface area contributed by atoms with E-state index in [0.717, 1.165) is 105 Å². The summed E-state index contributed by atoms with van der Waals surface area (Å²) in [6.07, 6.45) is 11.8. The lowest BCUT2D eigenvalue weighted by atomic mass is 10.0. The molecule has 3 aromatic heterocycles. The zero-order chi connectivity index (χ0) is 92.9. The quantitative estimate of drug-likeness (QED) is 0.0228. The van der Waals surface area contributed by atoms with Gasteiger partial charge < -0.3 is 70.9 Å². The van der Waals surface area contributed by atoms with Gasteiger partial charge in [-0.25, -0.2) is 48.4 Å². The Labute approximate surface area is 778 Å². The number of urea groups is 3. The van der Waals surface area contributed by atoms with Gasteiger partial charge in [-0.05, 0) is 202 Å². The van der Waals surface area contributed by atoms with E-state index in [1.54, 1.807) is 93.8 Å². The smallest absolute Gasteiger partial charge is 0.330 e. The van der Waals surface area contributed by atoms with E-state index in [1.165, 1.54) is 58.5 Å². The molecule has 9 amide bonds. The number of hydrogen-bond donors (Lipinski definition) is 6. The van der Waals surface area contributed by atoms with Crippen molar-refractivity contribution in [1.82, 2.24) is 59.3 Å². The third-order valence-corrected chi connectivity index (χ3v) is 24.3. The van der Waals surface area contributed by atoms with Crippen LogP contribution >= 0.6 is 0 Å². The lowest BCUT2D eigenvalue weighted by molar-refractivity contribution is -0.112. The topological polar surface area (TPSA) is 297 Å². The van der Waals surface area contributed by atoms with E-state index in [1.807, 2.05) is 133 Å². The highest BCUT2D eigenvalue weighted by atomic mass is 19.1. The van der Waals surface area contributed by atoms with E-state index in [4.69, 9.17) is 29.7 Å². The van der Waals surface area contributed by atoms with Gasteiger partial charge in [0.1, 0.15) is 29.0 Å². The first-order valence-corrected chi connectivity index (χ1v) is 44.8. The second-order valence-corrected chi connectivity index (χ2v) is 34.0. The lowest BCUT2D eigenvalue weighted by Gasteiger charge is -2.38. The first-order valence-electron chi connectivity index (χ1n) is 44.8. The monoisotopic (exact) mass is 1800 g/mol. The number of hydrogen-bond acceptors (Lipinski definition) is 21. The maximum absolute atomic E-state index is 15.6. The van der Waals surface area contributed by atoms with Crippen LogP contribution in [-0.2, 0) is 59.7 Å². The zero-order valence-corrected chi connectivity index (χ0v) is 75.6. The van der Waals surface area contributed by atoms with Gasteiger partial charge in [-0.3, -0.25) is 19.3 Å². The Hall–Kier alpha value is -15.7. The van der Waals surface area contributed by atoms with E-state index in [2.05, 4.69) is 114 Å². The number of nitrogens with zero attached hydrogens (tertiary/aromatic N) is 17. The predicted octanol–water partition coefficient (Wildman–Crippen LogP) is 16.6. The molecule has 0 spiro atoms. The molecule has 0 radical (unpaired) electrons. The molecule has 5 aliphatic rings. The number of carbonyl (C=O) groups is 6. The van der Waals surface area contributed by atoms with Crippen molar-refractivity contribution in [3.8, 4) is 5.75 Å². The molecule has 31 heteroatoms. The number of aromatic nitrogens is 6. The first kappa shape index (κ1) is 90.2. The molecule has 0 bridgehead atoms. The molecule has 134 heavy (non-hydrogen) atoms. The molecule has 8 heterocycles. The summed E-state index contributed by atoms with van der Waals surface area (Å²) in [5, 5.41) is 19.0. The maximum atomic E-state index is 15.6. The highest BCUT2D eigenvalue weighted by Gasteiger charge is 2.37. The van der Waals surface area contributed by atoms with Gasteiger partial charge in [0.15, 0.2) is 0 Å². The number of anilines is 17. The zero-order valence-electron chi connectivity index (χ0n) is 75.6. The highest BCUT2D eigenvalue weighted by molar-refractivity contribution is 6.25. The van der Waals surface area contributed by atoms with Gasteiger partial charge in [0.25, 0.3) is 5.91 Å². The number of carbonyl (C=O) groups excluding carboxylic acids is 6. The number of rotatable bonds is 30. The van der Waals surface area contributed by atoms with Crippen molar-refractivity contribution in [1.29, 1.82) is 0 Å². The number of ether oxygens (including phenoxy) is 1. The maximum Gasteiger partial charge on any atom is 0.330 e. The van der Waals surface area contributed by atoms with Crippen molar-refractivity contribution in [2.45, 2.75) is 52.2 Å². The van der Waals surface area contributed by atoms with Crippen molar-refractivity contribution >= 4 is 139 Å². The summed E-state index contributed by atoms with van der Waals surface area (Å²) >= 11 is 0. The van der Waals surface area contributed by atoms with E-state index < -0.39 is 23.7 Å². The van der Waals surface area contributed by atoms with Crippen LogP contribution in [0.4, 0.5) is 117 Å². The van der Waals surface area contributed by atoms with Crippen molar-refractivity contribution < 1.29 is 37.9 Å². The van der Waals surface area contributed by atoms with E-state index >= 15 is 14.4 Å². The lowest BCUT2D eigenvalue weighted by Crippen LogP contribution is -2.47. The average molecular weight is 1800 g/mol. The van der Waals surface area contributed by atoms with Gasteiger partial charge in [-0.1, -0.05) is 116 Å². The number of fused-ring (bicyclic) bond motifs is 3. The second kappa shape index (κ2) is 41.2. The summed E-state index contributed by atoms with van der Waals surface area (Å²) in [6, 6.07) is 63.9. The fraction of sp³-hybridized carbons (Fsp3) is 0.243. The molecule has 5 aliphatic heterocycles.